The van der Waals surface area contributed by atoms with Gasteiger partial charge in [0.1, 0.15) is 0 Å². The van der Waals surface area contributed by atoms with E-state index in [1.165, 1.54) is 11.7 Å². The molecule has 0 saturated carbocycles. The highest BCUT2D eigenvalue weighted by molar-refractivity contribution is 6.02. The molecule has 27 heavy (non-hydrogen) atoms. The number of fused-ring (bicyclic) bond motifs is 1. The summed E-state index contributed by atoms with van der Waals surface area (Å²) >= 11 is 0. The zero-order chi connectivity index (χ0) is 19.4. The summed E-state index contributed by atoms with van der Waals surface area (Å²) in [6.45, 7) is 2.14. The second kappa shape index (κ2) is 7.90. The number of carbonyl (C=O) groups excluding carboxylic acids is 2. The van der Waals surface area contributed by atoms with Gasteiger partial charge in [0.25, 0.3) is 0 Å². The molecule has 0 fully saturated rings. The van der Waals surface area contributed by atoms with Crippen LogP contribution in [0.3, 0.4) is 0 Å². The molecular weight excluding hydrogens is 348 g/mol. The van der Waals surface area contributed by atoms with Crippen molar-refractivity contribution in [2.24, 2.45) is 0 Å². The number of aryl methyl sites for hydroxylation is 2. The molecule has 7 heteroatoms. The van der Waals surface area contributed by atoms with Crippen LogP contribution in [0.4, 0.5) is 5.69 Å². The minimum absolute atomic E-state index is 0.195. The number of rotatable bonds is 6. The van der Waals surface area contributed by atoms with Crippen LogP contribution < -0.4 is 11.1 Å². The number of benzene rings is 2. The lowest BCUT2D eigenvalue weighted by atomic mass is 10.1. The zero-order valence-corrected chi connectivity index (χ0v) is 15.2. The number of nitrogens with zero attached hydrogens (tertiary/aromatic N) is 1. The van der Waals surface area contributed by atoms with Crippen molar-refractivity contribution in [2.75, 3.05) is 12.4 Å². The molecule has 0 bridgehead atoms. The van der Waals surface area contributed by atoms with Crippen LogP contribution >= 0.6 is 0 Å². The Kier molecular flexibility index (Phi) is 5.40. The third kappa shape index (κ3) is 3.92. The van der Waals surface area contributed by atoms with Gasteiger partial charge in [-0.1, -0.05) is 24.3 Å². The Morgan fingerprint density at radius 3 is 2.70 bits per heavy atom. The minimum Gasteiger partial charge on any atom is -0.465 e. The molecule has 0 spiro atoms. The highest BCUT2D eigenvalue weighted by atomic mass is 16.5. The number of para-hydroxylation sites is 2. The largest absolute Gasteiger partial charge is 0.465 e. The molecule has 2 aromatic carbocycles. The molecule has 0 atom stereocenters. The number of methoxy groups -OCH3 is 1. The third-order valence-corrected chi connectivity index (χ3v) is 4.30. The van der Waals surface area contributed by atoms with Gasteiger partial charge in [0.05, 0.1) is 23.9 Å². The van der Waals surface area contributed by atoms with Crippen LogP contribution in [-0.4, -0.2) is 23.6 Å². The second-order valence-electron chi connectivity index (χ2n) is 6.13. The van der Waals surface area contributed by atoms with Crippen LogP contribution in [0.25, 0.3) is 11.1 Å². The standard InChI is InChI=1S/C20H20N2O5/c1-13-7-5-8-14(18(13)19(24)26-2)21-17(23)11-6-12-22-15-9-3-4-10-16(15)27-20(22)25/h3-5,7-10H,6,11-12H2,1-2H3,(H,21,23). The van der Waals surface area contributed by atoms with Gasteiger partial charge in [-0.15, -0.1) is 0 Å². The molecule has 1 aromatic heterocycles. The van der Waals surface area contributed by atoms with E-state index in [1.807, 2.05) is 6.07 Å². The van der Waals surface area contributed by atoms with Gasteiger partial charge >= 0.3 is 11.7 Å². The maximum absolute atomic E-state index is 12.3. The van der Waals surface area contributed by atoms with Crippen molar-refractivity contribution in [1.29, 1.82) is 0 Å². The Bertz CT molecular complexity index is 1050. The van der Waals surface area contributed by atoms with Crippen molar-refractivity contribution >= 4 is 28.7 Å². The SMILES string of the molecule is COC(=O)c1c(C)cccc1NC(=O)CCCn1c(=O)oc2ccccc21. The summed E-state index contributed by atoms with van der Waals surface area (Å²) in [6.07, 6.45) is 0.648. The molecule has 0 radical (unpaired) electrons. The molecule has 0 aliphatic rings. The maximum atomic E-state index is 12.3. The summed E-state index contributed by atoms with van der Waals surface area (Å²) in [5, 5.41) is 2.75. The molecule has 0 saturated heterocycles. The van der Waals surface area contributed by atoms with Crippen molar-refractivity contribution in [3.8, 4) is 0 Å². The highest BCUT2D eigenvalue weighted by Gasteiger charge is 2.16. The van der Waals surface area contributed by atoms with E-state index < -0.39 is 11.7 Å². The topological polar surface area (TPSA) is 90.5 Å². The number of oxazole rings is 1. The number of esters is 1. The third-order valence-electron chi connectivity index (χ3n) is 4.30. The number of ether oxygens (including phenoxy) is 1. The number of anilines is 1. The van der Waals surface area contributed by atoms with Crippen molar-refractivity contribution in [3.63, 3.8) is 0 Å². The van der Waals surface area contributed by atoms with Gasteiger partial charge < -0.3 is 14.5 Å². The van der Waals surface area contributed by atoms with Gasteiger partial charge in [0.2, 0.25) is 5.91 Å². The van der Waals surface area contributed by atoms with E-state index in [4.69, 9.17) is 9.15 Å². The number of carbonyl (C=O) groups is 2. The highest BCUT2D eigenvalue weighted by Crippen LogP contribution is 2.21. The van der Waals surface area contributed by atoms with Crippen LogP contribution in [0.5, 0.6) is 0 Å². The molecule has 0 aliphatic carbocycles. The van der Waals surface area contributed by atoms with E-state index in [2.05, 4.69) is 5.32 Å². The molecule has 3 aromatic rings. The Balaban J connectivity index is 1.66. The number of aromatic nitrogens is 1. The van der Waals surface area contributed by atoms with Gasteiger partial charge in [-0.25, -0.2) is 9.59 Å². The van der Waals surface area contributed by atoms with Crippen LogP contribution in [0, 0.1) is 6.92 Å². The van der Waals surface area contributed by atoms with Crippen molar-refractivity contribution < 1.29 is 18.7 Å². The summed E-state index contributed by atoms with van der Waals surface area (Å²) in [4.78, 5) is 36.2. The minimum atomic E-state index is -0.500. The number of hydrogen-bond acceptors (Lipinski definition) is 5. The van der Waals surface area contributed by atoms with E-state index in [9.17, 15) is 14.4 Å². The lowest BCUT2D eigenvalue weighted by molar-refractivity contribution is -0.116. The first-order valence-electron chi connectivity index (χ1n) is 8.57. The number of nitrogens with one attached hydrogen (secondary N) is 1. The zero-order valence-electron chi connectivity index (χ0n) is 15.2. The quantitative estimate of drug-likeness (QED) is 0.675. The molecule has 1 amide bonds. The summed E-state index contributed by atoms with van der Waals surface area (Å²) < 4.78 is 11.5. The summed E-state index contributed by atoms with van der Waals surface area (Å²) in [5.41, 5.74) is 2.70. The fourth-order valence-electron chi connectivity index (χ4n) is 2.98. The molecule has 140 valence electrons. The van der Waals surface area contributed by atoms with Crippen molar-refractivity contribution in [2.45, 2.75) is 26.3 Å². The van der Waals surface area contributed by atoms with Gasteiger partial charge in [-0.05, 0) is 37.1 Å². The van der Waals surface area contributed by atoms with Crippen LogP contribution in [0.1, 0.15) is 28.8 Å². The van der Waals surface area contributed by atoms with Gasteiger partial charge in [-0.3, -0.25) is 9.36 Å². The fraction of sp³-hybridized carbons (Fsp3) is 0.250. The second-order valence-corrected chi connectivity index (χ2v) is 6.13. The Morgan fingerprint density at radius 2 is 1.93 bits per heavy atom. The van der Waals surface area contributed by atoms with E-state index in [-0.39, 0.29) is 12.3 Å². The van der Waals surface area contributed by atoms with E-state index in [0.717, 1.165) is 5.56 Å². The Morgan fingerprint density at radius 1 is 1.15 bits per heavy atom. The first kappa shape index (κ1) is 18.4. The first-order valence-corrected chi connectivity index (χ1v) is 8.57. The first-order chi connectivity index (χ1) is 13.0. The van der Waals surface area contributed by atoms with Crippen LogP contribution in [0.15, 0.2) is 51.7 Å². The normalized spacial score (nSPS) is 10.7. The Hall–Kier alpha value is -3.35. The van der Waals surface area contributed by atoms with E-state index >= 15 is 0 Å². The lowest BCUT2D eigenvalue weighted by Gasteiger charge is -2.12. The molecule has 1 heterocycles. The maximum Gasteiger partial charge on any atom is 0.419 e. The van der Waals surface area contributed by atoms with Crippen molar-refractivity contribution in [1.82, 2.24) is 4.57 Å². The van der Waals surface area contributed by atoms with Crippen LogP contribution in [0.2, 0.25) is 0 Å². The molecule has 0 unspecified atom stereocenters. The summed E-state index contributed by atoms with van der Waals surface area (Å²) in [6, 6.07) is 12.3. The predicted molar refractivity (Wildman–Crippen MR) is 101 cm³/mol. The molecule has 0 aliphatic heterocycles. The van der Waals surface area contributed by atoms with Gasteiger partial charge in [0, 0.05) is 13.0 Å². The fourth-order valence-corrected chi connectivity index (χ4v) is 2.98. The van der Waals surface area contributed by atoms with Crippen molar-refractivity contribution in [3.05, 3.63) is 64.1 Å². The summed E-state index contributed by atoms with van der Waals surface area (Å²) in [5.74, 6) is -1.19. The molecule has 1 N–H and O–H groups in total. The summed E-state index contributed by atoms with van der Waals surface area (Å²) in [7, 11) is 1.30. The van der Waals surface area contributed by atoms with Crippen LogP contribution in [-0.2, 0) is 16.1 Å². The number of amides is 1. The van der Waals surface area contributed by atoms with E-state index in [1.54, 1.807) is 43.3 Å². The Labute approximate surface area is 155 Å². The predicted octanol–water partition coefficient (Wildman–Crippen LogP) is 3.11. The molecular formula is C20H20N2O5. The smallest absolute Gasteiger partial charge is 0.419 e. The average molecular weight is 368 g/mol. The lowest BCUT2D eigenvalue weighted by Crippen LogP contribution is -2.18. The van der Waals surface area contributed by atoms with Gasteiger partial charge in [0.15, 0.2) is 5.58 Å². The molecule has 3 rings (SSSR count). The van der Waals surface area contributed by atoms with Gasteiger partial charge in [-0.2, -0.15) is 0 Å². The average Bonchev–Trinajstić information content (AvgIpc) is 2.97. The molecule has 7 nitrogen and oxygen atoms in total. The van der Waals surface area contributed by atoms with E-state index in [0.29, 0.717) is 35.3 Å². The number of hydrogen-bond donors (Lipinski definition) is 1. The monoisotopic (exact) mass is 368 g/mol.